The van der Waals surface area contributed by atoms with Crippen molar-refractivity contribution in [2.45, 2.75) is 6.54 Å². The minimum absolute atomic E-state index is 0.0115. The molecule has 0 unspecified atom stereocenters. The van der Waals surface area contributed by atoms with Crippen molar-refractivity contribution < 1.29 is 8.78 Å². The molecule has 0 bridgehead atoms. The van der Waals surface area contributed by atoms with Crippen LogP contribution < -0.4 is 10.6 Å². The zero-order chi connectivity index (χ0) is 12.1. The average molecular weight is 246 g/mol. The van der Waals surface area contributed by atoms with Gasteiger partial charge in [0.1, 0.15) is 0 Å². The van der Waals surface area contributed by atoms with Gasteiger partial charge in [0.15, 0.2) is 11.6 Å². The van der Waals surface area contributed by atoms with Crippen LogP contribution in [-0.2, 0) is 6.54 Å². The summed E-state index contributed by atoms with van der Waals surface area (Å²) in [6.07, 6.45) is 1.97. The maximum atomic E-state index is 13.6. The van der Waals surface area contributed by atoms with E-state index in [2.05, 4.69) is 0 Å². The summed E-state index contributed by atoms with van der Waals surface area (Å²) >= 11 is 1.66. The van der Waals surface area contributed by atoms with Crippen LogP contribution in [0.3, 0.4) is 0 Å². The second-order valence-corrected chi connectivity index (χ2v) is 4.48. The van der Waals surface area contributed by atoms with Crippen LogP contribution in [0.25, 0.3) is 0 Å². The normalized spacial score (nSPS) is 10.6. The van der Waals surface area contributed by atoms with Crippen LogP contribution in [-0.4, -0.2) is 25.6 Å². The van der Waals surface area contributed by atoms with Crippen LogP contribution in [0.15, 0.2) is 12.1 Å². The first-order valence-electron chi connectivity index (χ1n) is 4.98. The van der Waals surface area contributed by atoms with Crippen LogP contribution in [0.4, 0.5) is 14.5 Å². The van der Waals surface area contributed by atoms with Gasteiger partial charge in [0.05, 0.1) is 5.69 Å². The van der Waals surface area contributed by atoms with Crippen LogP contribution in [0, 0.1) is 11.6 Å². The zero-order valence-corrected chi connectivity index (χ0v) is 10.3. The Balaban J connectivity index is 2.93. The molecule has 0 saturated carbocycles. The first-order valence-corrected chi connectivity index (χ1v) is 6.38. The third kappa shape index (κ3) is 2.86. The van der Waals surface area contributed by atoms with E-state index in [1.165, 1.54) is 6.07 Å². The molecule has 90 valence electrons. The maximum Gasteiger partial charge on any atom is 0.182 e. The molecular weight excluding hydrogens is 230 g/mol. The van der Waals surface area contributed by atoms with Crippen LogP contribution in [0.5, 0.6) is 0 Å². The second kappa shape index (κ2) is 6.06. The van der Waals surface area contributed by atoms with Gasteiger partial charge in [-0.2, -0.15) is 11.8 Å². The topological polar surface area (TPSA) is 29.3 Å². The van der Waals surface area contributed by atoms with Crippen molar-refractivity contribution in [3.8, 4) is 0 Å². The van der Waals surface area contributed by atoms with Crippen LogP contribution >= 0.6 is 11.8 Å². The fraction of sp³-hybridized carbons (Fsp3) is 0.455. The van der Waals surface area contributed by atoms with Crippen molar-refractivity contribution in [1.29, 1.82) is 0 Å². The SMILES string of the molecule is CSCCN(C)c1ccc(CN)c(F)c1F. The Kier molecular flexibility index (Phi) is 5.02. The Morgan fingerprint density at radius 2 is 2.00 bits per heavy atom. The molecule has 0 fully saturated rings. The minimum Gasteiger partial charge on any atom is -0.371 e. The van der Waals surface area contributed by atoms with Crippen molar-refractivity contribution in [1.82, 2.24) is 0 Å². The molecule has 0 heterocycles. The van der Waals surface area contributed by atoms with Crippen molar-refractivity contribution in [3.63, 3.8) is 0 Å². The Hall–Kier alpha value is -0.810. The van der Waals surface area contributed by atoms with Gasteiger partial charge in [0, 0.05) is 31.5 Å². The molecule has 5 heteroatoms. The molecule has 0 aliphatic rings. The molecule has 1 aromatic rings. The van der Waals surface area contributed by atoms with E-state index in [9.17, 15) is 8.78 Å². The van der Waals surface area contributed by atoms with E-state index in [0.717, 1.165) is 5.75 Å². The number of nitrogens with zero attached hydrogens (tertiary/aromatic N) is 1. The van der Waals surface area contributed by atoms with Crippen LogP contribution in [0.2, 0.25) is 0 Å². The zero-order valence-electron chi connectivity index (χ0n) is 9.46. The van der Waals surface area contributed by atoms with E-state index in [1.807, 2.05) is 6.26 Å². The number of anilines is 1. The second-order valence-electron chi connectivity index (χ2n) is 3.49. The molecule has 0 aromatic heterocycles. The highest BCUT2D eigenvalue weighted by Gasteiger charge is 2.14. The molecule has 0 aliphatic heterocycles. The lowest BCUT2D eigenvalue weighted by atomic mass is 10.1. The minimum atomic E-state index is -0.837. The third-order valence-corrected chi connectivity index (χ3v) is 2.99. The summed E-state index contributed by atoms with van der Waals surface area (Å²) in [6.45, 7) is 0.692. The van der Waals surface area contributed by atoms with E-state index in [4.69, 9.17) is 5.73 Å². The first kappa shape index (κ1) is 13.3. The van der Waals surface area contributed by atoms with Gasteiger partial charge >= 0.3 is 0 Å². The maximum absolute atomic E-state index is 13.6. The molecule has 16 heavy (non-hydrogen) atoms. The summed E-state index contributed by atoms with van der Waals surface area (Å²) < 4.78 is 27.1. The lowest BCUT2D eigenvalue weighted by Gasteiger charge is -2.20. The number of benzene rings is 1. The third-order valence-electron chi connectivity index (χ3n) is 2.40. The Bertz CT molecular complexity index is 358. The Morgan fingerprint density at radius 1 is 1.31 bits per heavy atom. The van der Waals surface area contributed by atoms with E-state index in [0.29, 0.717) is 6.54 Å². The molecule has 0 spiro atoms. The quantitative estimate of drug-likeness (QED) is 0.864. The molecule has 2 nitrogen and oxygen atoms in total. The van der Waals surface area contributed by atoms with E-state index >= 15 is 0 Å². The fourth-order valence-corrected chi connectivity index (χ4v) is 1.84. The molecule has 0 atom stereocenters. The van der Waals surface area contributed by atoms with Gasteiger partial charge in [-0.05, 0) is 12.3 Å². The summed E-state index contributed by atoms with van der Waals surface area (Å²) in [5.74, 6) is -0.779. The van der Waals surface area contributed by atoms with E-state index < -0.39 is 11.6 Å². The molecule has 0 aliphatic carbocycles. The van der Waals surface area contributed by atoms with Crippen molar-refractivity contribution in [2.75, 3.05) is 30.5 Å². The number of hydrogen-bond acceptors (Lipinski definition) is 3. The highest BCUT2D eigenvalue weighted by molar-refractivity contribution is 7.98. The monoisotopic (exact) mass is 246 g/mol. The van der Waals surface area contributed by atoms with Gasteiger partial charge in [0.2, 0.25) is 0 Å². The summed E-state index contributed by atoms with van der Waals surface area (Å²) in [6, 6.07) is 3.10. The summed E-state index contributed by atoms with van der Waals surface area (Å²) in [7, 11) is 1.75. The van der Waals surface area contributed by atoms with E-state index in [1.54, 1.807) is 29.8 Å². The van der Waals surface area contributed by atoms with E-state index in [-0.39, 0.29) is 17.8 Å². The van der Waals surface area contributed by atoms with Crippen molar-refractivity contribution in [3.05, 3.63) is 29.3 Å². The van der Waals surface area contributed by atoms with Crippen molar-refractivity contribution in [2.24, 2.45) is 5.73 Å². The van der Waals surface area contributed by atoms with Gasteiger partial charge in [0.25, 0.3) is 0 Å². The lowest BCUT2D eigenvalue weighted by Crippen LogP contribution is -2.22. The molecule has 2 N–H and O–H groups in total. The number of hydrogen-bond donors (Lipinski definition) is 1. The molecule has 0 radical (unpaired) electrons. The van der Waals surface area contributed by atoms with Gasteiger partial charge in [-0.3, -0.25) is 0 Å². The molecular formula is C11H16F2N2S. The highest BCUT2D eigenvalue weighted by atomic mass is 32.2. The predicted molar refractivity (Wildman–Crippen MR) is 65.9 cm³/mol. The first-order chi connectivity index (χ1) is 7.61. The standard InChI is InChI=1S/C11H16F2N2S/c1-15(5-6-16-2)9-4-3-8(7-14)10(12)11(9)13/h3-4H,5-7,14H2,1-2H3. The molecule has 1 rings (SSSR count). The average Bonchev–Trinajstić information content (AvgIpc) is 2.29. The Morgan fingerprint density at radius 3 is 2.56 bits per heavy atom. The fourth-order valence-electron chi connectivity index (χ4n) is 1.38. The number of thioether (sulfide) groups is 1. The molecule has 0 saturated heterocycles. The summed E-state index contributed by atoms with van der Waals surface area (Å²) in [5, 5.41) is 0. The summed E-state index contributed by atoms with van der Waals surface area (Å²) in [5.41, 5.74) is 5.79. The summed E-state index contributed by atoms with van der Waals surface area (Å²) in [4.78, 5) is 1.70. The number of rotatable bonds is 5. The van der Waals surface area contributed by atoms with Gasteiger partial charge in [-0.15, -0.1) is 0 Å². The molecule has 0 amide bonds. The number of halogens is 2. The highest BCUT2D eigenvalue weighted by Crippen LogP contribution is 2.23. The Labute approximate surface area is 98.8 Å². The van der Waals surface area contributed by atoms with Gasteiger partial charge in [-0.25, -0.2) is 8.78 Å². The smallest absolute Gasteiger partial charge is 0.182 e. The van der Waals surface area contributed by atoms with Crippen molar-refractivity contribution >= 4 is 17.4 Å². The van der Waals surface area contributed by atoms with Crippen LogP contribution in [0.1, 0.15) is 5.56 Å². The predicted octanol–water partition coefficient (Wildman–Crippen LogP) is 2.22. The van der Waals surface area contributed by atoms with Gasteiger partial charge in [-0.1, -0.05) is 6.07 Å². The number of nitrogens with two attached hydrogens (primary N) is 1. The van der Waals surface area contributed by atoms with Gasteiger partial charge < -0.3 is 10.6 Å². The molecule has 1 aromatic carbocycles. The largest absolute Gasteiger partial charge is 0.371 e. The lowest BCUT2D eigenvalue weighted by molar-refractivity contribution is 0.498.